The molecule has 17 heavy (non-hydrogen) atoms. The lowest BCUT2D eigenvalue weighted by atomic mass is 10.3. The molecule has 0 radical (unpaired) electrons. The van der Waals surface area contributed by atoms with Crippen LogP contribution in [-0.2, 0) is 4.79 Å². The molecule has 0 saturated heterocycles. The van der Waals surface area contributed by atoms with Gasteiger partial charge in [0, 0.05) is 18.5 Å². The van der Waals surface area contributed by atoms with E-state index >= 15 is 0 Å². The molecule has 0 unspecified atom stereocenters. The molecule has 0 amide bonds. The van der Waals surface area contributed by atoms with Crippen molar-refractivity contribution in [3.05, 3.63) is 42.7 Å². The Labute approximate surface area is 98.3 Å². The molecular formula is C12H12N2O3. The van der Waals surface area contributed by atoms with Crippen LogP contribution in [0.4, 0.5) is 0 Å². The van der Waals surface area contributed by atoms with Crippen LogP contribution in [0.2, 0.25) is 0 Å². The molecule has 88 valence electrons. The van der Waals surface area contributed by atoms with Crippen LogP contribution in [-0.4, -0.2) is 27.5 Å². The fourth-order valence-electron chi connectivity index (χ4n) is 1.39. The van der Waals surface area contributed by atoms with Crippen molar-refractivity contribution in [3.63, 3.8) is 0 Å². The maximum absolute atomic E-state index is 10.3. The van der Waals surface area contributed by atoms with Crippen LogP contribution in [0.1, 0.15) is 6.42 Å². The van der Waals surface area contributed by atoms with Crippen molar-refractivity contribution in [2.24, 2.45) is 0 Å². The second-order valence-electron chi connectivity index (χ2n) is 3.44. The van der Waals surface area contributed by atoms with Crippen LogP contribution in [0.25, 0.3) is 5.69 Å². The van der Waals surface area contributed by atoms with Gasteiger partial charge in [-0.15, -0.1) is 0 Å². The Morgan fingerprint density at radius 1 is 1.41 bits per heavy atom. The molecule has 1 N–H and O–H groups in total. The van der Waals surface area contributed by atoms with Crippen LogP contribution in [0, 0.1) is 0 Å². The lowest BCUT2D eigenvalue weighted by molar-refractivity contribution is -0.137. The van der Waals surface area contributed by atoms with Crippen molar-refractivity contribution >= 4 is 5.97 Å². The zero-order chi connectivity index (χ0) is 12.1. The molecule has 2 rings (SSSR count). The van der Waals surface area contributed by atoms with Gasteiger partial charge in [-0.05, 0) is 18.2 Å². The molecule has 2 aromatic rings. The summed E-state index contributed by atoms with van der Waals surface area (Å²) in [5.41, 5.74) is 0.878. The van der Waals surface area contributed by atoms with Gasteiger partial charge in [0.2, 0.25) is 0 Å². The normalized spacial score (nSPS) is 10.1. The number of nitrogens with zero attached hydrogens (tertiary/aromatic N) is 2. The van der Waals surface area contributed by atoms with Crippen LogP contribution in [0.15, 0.2) is 42.7 Å². The minimum absolute atomic E-state index is 0.00794. The Morgan fingerprint density at radius 2 is 2.29 bits per heavy atom. The third-order valence-electron chi connectivity index (χ3n) is 2.17. The summed E-state index contributed by atoms with van der Waals surface area (Å²) in [5, 5.41) is 12.6. The second-order valence-corrected chi connectivity index (χ2v) is 3.44. The summed E-state index contributed by atoms with van der Waals surface area (Å²) in [6, 6.07) is 9.17. The summed E-state index contributed by atoms with van der Waals surface area (Å²) in [4.78, 5) is 10.3. The molecule has 0 atom stereocenters. The number of benzene rings is 1. The van der Waals surface area contributed by atoms with Gasteiger partial charge in [-0.1, -0.05) is 6.07 Å². The van der Waals surface area contributed by atoms with E-state index in [1.165, 1.54) is 0 Å². The first-order valence-corrected chi connectivity index (χ1v) is 5.20. The van der Waals surface area contributed by atoms with Crippen LogP contribution < -0.4 is 4.74 Å². The molecule has 1 aromatic carbocycles. The standard InChI is InChI=1S/C12H12N2O3/c15-12(16)5-8-17-11-4-1-3-10(9-11)14-7-2-6-13-14/h1-4,6-7,9H,5,8H2,(H,15,16). The number of hydrogen-bond acceptors (Lipinski definition) is 3. The lowest BCUT2D eigenvalue weighted by Crippen LogP contribution is -2.05. The maximum atomic E-state index is 10.3. The van der Waals surface area contributed by atoms with Gasteiger partial charge in [0.25, 0.3) is 0 Å². The van der Waals surface area contributed by atoms with Crippen molar-refractivity contribution in [2.75, 3.05) is 6.61 Å². The van der Waals surface area contributed by atoms with E-state index in [0.717, 1.165) is 5.69 Å². The zero-order valence-electron chi connectivity index (χ0n) is 9.11. The molecule has 0 bridgehead atoms. The number of aliphatic carboxylic acids is 1. The van der Waals surface area contributed by atoms with E-state index in [1.54, 1.807) is 16.9 Å². The fraction of sp³-hybridized carbons (Fsp3) is 0.167. The van der Waals surface area contributed by atoms with E-state index in [-0.39, 0.29) is 13.0 Å². The molecule has 0 aliphatic carbocycles. The Balaban J connectivity index is 2.04. The first-order chi connectivity index (χ1) is 8.25. The van der Waals surface area contributed by atoms with E-state index < -0.39 is 5.97 Å². The predicted octanol–water partition coefficient (Wildman–Crippen LogP) is 1.73. The highest BCUT2D eigenvalue weighted by Gasteiger charge is 2.01. The monoisotopic (exact) mass is 232 g/mol. The number of ether oxygens (including phenoxy) is 1. The first-order valence-electron chi connectivity index (χ1n) is 5.20. The molecule has 0 saturated carbocycles. The van der Waals surface area contributed by atoms with Crippen LogP contribution >= 0.6 is 0 Å². The molecule has 1 aromatic heterocycles. The number of carbonyl (C=O) groups is 1. The maximum Gasteiger partial charge on any atom is 0.306 e. The van der Waals surface area contributed by atoms with Gasteiger partial charge in [0.05, 0.1) is 18.7 Å². The van der Waals surface area contributed by atoms with Crippen molar-refractivity contribution in [1.82, 2.24) is 9.78 Å². The summed E-state index contributed by atoms with van der Waals surface area (Å²) >= 11 is 0. The minimum atomic E-state index is -0.867. The highest BCUT2D eigenvalue weighted by atomic mass is 16.5. The van der Waals surface area contributed by atoms with E-state index in [2.05, 4.69) is 5.10 Å². The summed E-state index contributed by atoms with van der Waals surface area (Å²) in [5.74, 6) is -0.229. The molecule has 0 spiro atoms. The first kappa shape index (κ1) is 11.2. The van der Waals surface area contributed by atoms with E-state index in [9.17, 15) is 4.79 Å². The van der Waals surface area contributed by atoms with Crippen molar-refractivity contribution in [2.45, 2.75) is 6.42 Å². The van der Waals surface area contributed by atoms with Gasteiger partial charge in [-0.2, -0.15) is 5.10 Å². The summed E-state index contributed by atoms with van der Waals surface area (Å²) < 4.78 is 7.05. The Bertz CT molecular complexity index is 494. The SMILES string of the molecule is O=C(O)CCOc1cccc(-n2cccn2)c1. The summed E-state index contributed by atoms with van der Waals surface area (Å²) in [7, 11) is 0. The minimum Gasteiger partial charge on any atom is -0.493 e. The van der Waals surface area contributed by atoms with E-state index in [0.29, 0.717) is 5.75 Å². The lowest BCUT2D eigenvalue weighted by Gasteiger charge is -2.06. The number of hydrogen-bond donors (Lipinski definition) is 1. The number of carboxylic acids is 1. The number of carboxylic acid groups (broad SMARTS) is 1. The Kier molecular flexibility index (Phi) is 3.40. The number of aromatic nitrogens is 2. The molecule has 0 fully saturated rings. The largest absolute Gasteiger partial charge is 0.493 e. The average molecular weight is 232 g/mol. The van der Waals surface area contributed by atoms with Crippen LogP contribution in [0.5, 0.6) is 5.75 Å². The quantitative estimate of drug-likeness (QED) is 0.852. The number of rotatable bonds is 5. The molecule has 5 nitrogen and oxygen atoms in total. The van der Waals surface area contributed by atoms with Gasteiger partial charge in [0.1, 0.15) is 5.75 Å². The highest BCUT2D eigenvalue weighted by Crippen LogP contribution is 2.16. The Morgan fingerprint density at radius 3 is 3.00 bits per heavy atom. The van der Waals surface area contributed by atoms with Crippen LogP contribution in [0.3, 0.4) is 0 Å². The van der Waals surface area contributed by atoms with Gasteiger partial charge in [0.15, 0.2) is 0 Å². The summed E-state index contributed by atoms with van der Waals surface area (Å²) in [6.45, 7) is 0.165. The van der Waals surface area contributed by atoms with Crippen molar-refractivity contribution < 1.29 is 14.6 Å². The fourth-order valence-corrected chi connectivity index (χ4v) is 1.39. The molecule has 5 heteroatoms. The van der Waals surface area contributed by atoms with Crippen molar-refractivity contribution in [1.29, 1.82) is 0 Å². The third-order valence-corrected chi connectivity index (χ3v) is 2.17. The van der Waals surface area contributed by atoms with Gasteiger partial charge in [-0.25, -0.2) is 4.68 Å². The predicted molar refractivity (Wildman–Crippen MR) is 61.3 cm³/mol. The van der Waals surface area contributed by atoms with E-state index in [4.69, 9.17) is 9.84 Å². The van der Waals surface area contributed by atoms with Gasteiger partial charge >= 0.3 is 5.97 Å². The summed E-state index contributed by atoms with van der Waals surface area (Å²) in [6.07, 6.45) is 3.51. The average Bonchev–Trinajstić information content (AvgIpc) is 2.82. The molecule has 0 aliphatic heterocycles. The van der Waals surface area contributed by atoms with E-state index in [1.807, 2.05) is 30.5 Å². The molecule has 0 aliphatic rings. The smallest absolute Gasteiger partial charge is 0.306 e. The topological polar surface area (TPSA) is 64.3 Å². The Hall–Kier alpha value is -2.30. The highest BCUT2D eigenvalue weighted by molar-refractivity contribution is 5.66. The third kappa shape index (κ3) is 3.07. The molecular weight excluding hydrogens is 220 g/mol. The van der Waals surface area contributed by atoms with Gasteiger partial charge in [-0.3, -0.25) is 4.79 Å². The van der Waals surface area contributed by atoms with Gasteiger partial charge < -0.3 is 9.84 Å². The van der Waals surface area contributed by atoms with Crippen molar-refractivity contribution in [3.8, 4) is 11.4 Å². The zero-order valence-corrected chi connectivity index (χ0v) is 9.11. The second kappa shape index (κ2) is 5.16. The molecule has 1 heterocycles.